The fraction of sp³-hybridized carbons (Fsp3) is 0.0769. The van der Waals surface area contributed by atoms with Crippen molar-refractivity contribution in [2.24, 2.45) is 0 Å². The van der Waals surface area contributed by atoms with Gasteiger partial charge in [-0.2, -0.15) is 18.4 Å². The number of pyridine rings is 1. The number of aromatic nitrogens is 1. The number of benzene rings is 1. The third-order valence-electron chi connectivity index (χ3n) is 2.48. The SMILES string of the molecule is N#Cc1ccc(Nc2cc(C(F)(F)F)cc(Cl)n2)c(Cl)c1. The van der Waals surface area contributed by atoms with Crippen LogP contribution in [0.25, 0.3) is 0 Å². The summed E-state index contributed by atoms with van der Waals surface area (Å²) in [5.41, 5.74) is -0.270. The molecule has 0 saturated heterocycles. The molecule has 0 bridgehead atoms. The molecule has 1 aromatic heterocycles. The summed E-state index contributed by atoms with van der Waals surface area (Å²) in [6, 6.07) is 7.78. The number of nitrogens with zero attached hydrogens (tertiary/aromatic N) is 2. The Balaban J connectivity index is 2.36. The second kappa shape index (κ2) is 5.80. The zero-order chi connectivity index (χ0) is 15.6. The van der Waals surface area contributed by atoms with Gasteiger partial charge in [0.2, 0.25) is 0 Å². The van der Waals surface area contributed by atoms with Crippen molar-refractivity contribution in [3.05, 3.63) is 51.6 Å². The first-order valence-corrected chi connectivity index (χ1v) is 6.26. The Labute approximate surface area is 127 Å². The van der Waals surface area contributed by atoms with Crippen molar-refractivity contribution in [2.75, 3.05) is 5.32 Å². The second-order valence-corrected chi connectivity index (χ2v) is 4.79. The molecule has 0 fully saturated rings. The van der Waals surface area contributed by atoms with Crippen LogP contribution in [-0.2, 0) is 6.18 Å². The van der Waals surface area contributed by atoms with Crippen LogP contribution in [0.1, 0.15) is 11.1 Å². The van der Waals surface area contributed by atoms with Gasteiger partial charge in [-0.1, -0.05) is 23.2 Å². The number of rotatable bonds is 2. The Morgan fingerprint density at radius 3 is 2.43 bits per heavy atom. The molecule has 0 radical (unpaired) electrons. The number of anilines is 2. The molecule has 8 heteroatoms. The van der Waals surface area contributed by atoms with Crippen LogP contribution >= 0.6 is 23.2 Å². The fourth-order valence-corrected chi connectivity index (χ4v) is 1.98. The Morgan fingerprint density at radius 1 is 1.14 bits per heavy atom. The maximum Gasteiger partial charge on any atom is 0.416 e. The smallest absolute Gasteiger partial charge is 0.339 e. The van der Waals surface area contributed by atoms with Crippen LogP contribution < -0.4 is 5.32 Å². The first kappa shape index (κ1) is 15.4. The monoisotopic (exact) mass is 331 g/mol. The maximum absolute atomic E-state index is 12.7. The van der Waals surface area contributed by atoms with Crippen molar-refractivity contribution in [1.82, 2.24) is 4.98 Å². The summed E-state index contributed by atoms with van der Waals surface area (Å²) in [7, 11) is 0. The summed E-state index contributed by atoms with van der Waals surface area (Å²) in [6.07, 6.45) is -4.53. The van der Waals surface area contributed by atoms with Crippen LogP contribution in [0.15, 0.2) is 30.3 Å². The van der Waals surface area contributed by atoms with E-state index in [9.17, 15) is 13.2 Å². The summed E-state index contributed by atoms with van der Waals surface area (Å²) in [4.78, 5) is 3.76. The van der Waals surface area contributed by atoms with E-state index in [2.05, 4.69) is 10.3 Å². The summed E-state index contributed by atoms with van der Waals surface area (Å²) >= 11 is 11.5. The standard InChI is InChI=1S/C13H6Cl2F3N3/c14-9-3-7(6-19)1-2-10(9)20-12-5-8(13(16,17)18)4-11(15)21-12/h1-5H,(H,20,21). The predicted molar refractivity (Wildman–Crippen MR) is 73.7 cm³/mol. The van der Waals surface area contributed by atoms with Gasteiger partial charge in [-0.15, -0.1) is 0 Å². The maximum atomic E-state index is 12.7. The van der Waals surface area contributed by atoms with Crippen molar-refractivity contribution in [3.8, 4) is 6.07 Å². The Bertz CT molecular complexity index is 724. The van der Waals surface area contributed by atoms with E-state index in [1.165, 1.54) is 18.2 Å². The van der Waals surface area contributed by atoms with E-state index >= 15 is 0 Å². The molecule has 2 aromatic rings. The Morgan fingerprint density at radius 2 is 1.86 bits per heavy atom. The summed E-state index contributed by atoms with van der Waals surface area (Å²) in [5, 5.41) is 11.3. The number of nitrogens with one attached hydrogen (secondary N) is 1. The van der Waals surface area contributed by atoms with Crippen LogP contribution in [0.2, 0.25) is 10.2 Å². The topological polar surface area (TPSA) is 48.7 Å². The van der Waals surface area contributed by atoms with E-state index in [1.807, 2.05) is 6.07 Å². The highest BCUT2D eigenvalue weighted by Crippen LogP contribution is 2.33. The van der Waals surface area contributed by atoms with E-state index in [4.69, 9.17) is 28.5 Å². The molecule has 108 valence electrons. The highest BCUT2D eigenvalue weighted by molar-refractivity contribution is 6.33. The minimum atomic E-state index is -4.53. The molecule has 0 amide bonds. The lowest BCUT2D eigenvalue weighted by molar-refractivity contribution is -0.137. The minimum absolute atomic E-state index is 0.0959. The highest BCUT2D eigenvalue weighted by atomic mass is 35.5. The van der Waals surface area contributed by atoms with E-state index < -0.39 is 11.7 Å². The molecule has 0 atom stereocenters. The highest BCUT2D eigenvalue weighted by Gasteiger charge is 2.31. The van der Waals surface area contributed by atoms with Crippen LogP contribution in [0.3, 0.4) is 0 Å². The zero-order valence-electron chi connectivity index (χ0n) is 10.2. The summed E-state index contributed by atoms with van der Waals surface area (Å²) in [5.74, 6) is -0.0959. The van der Waals surface area contributed by atoms with Gasteiger partial charge in [0.15, 0.2) is 0 Å². The van der Waals surface area contributed by atoms with Gasteiger partial charge in [0.1, 0.15) is 11.0 Å². The number of hydrogen-bond acceptors (Lipinski definition) is 3. The predicted octanol–water partition coefficient (Wildman–Crippen LogP) is 5.02. The number of alkyl halides is 3. The van der Waals surface area contributed by atoms with Gasteiger partial charge in [-0.3, -0.25) is 0 Å². The Kier molecular flexibility index (Phi) is 4.26. The average molecular weight is 332 g/mol. The normalized spacial score (nSPS) is 11.0. The molecule has 1 N–H and O–H groups in total. The van der Waals surface area contributed by atoms with Gasteiger partial charge in [0.05, 0.1) is 27.9 Å². The lowest BCUT2D eigenvalue weighted by Gasteiger charge is -2.11. The van der Waals surface area contributed by atoms with Gasteiger partial charge >= 0.3 is 6.18 Å². The molecule has 3 nitrogen and oxygen atoms in total. The molecule has 0 spiro atoms. The molecular weight excluding hydrogens is 326 g/mol. The minimum Gasteiger partial charge on any atom is -0.339 e. The number of halogens is 5. The van der Waals surface area contributed by atoms with E-state index in [1.54, 1.807) is 0 Å². The summed E-state index contributed by atoms with van der Waals surface area (Å²) < 4.78 is 38.1. The number of nitriles is 1. The van der Waals surface area contributed by atoms with E-state index in [-0.39, 0.29) is 16.0 Å². The van der Waals surface area contributed by atoms with E-state index in [0.29, 0.717) is 11.3 Å². The van der Waals surface area contributed by atoms with Crippen molar-refractivity contribution in [2.45, 2.75) is 6.18 Å². The van der Waals surface area contributed by atoms with Crippen LogP contribution in [0.4, 0.5) is 24.7 Å². The zero-order valence-corrected chi connectivity index (χ0v) is 11.7. The van der Waals surface area contributed by atoms with Gasteiger partial charge in [0.25, 0.3) is 0 Å². The summed E-state index contributed by atoms with van der Waals surface area (Å²) in [6.45, 7) is 0. The molecule has 0 aliphatic rings. The third kappa shape index (κ3) is 3.78. The lowest BCUT2D eigenvalue weighted by Crippen LogP contribution is -2.06. The lowest BCUT2D eigenvalue weighted by atomic mass is 10.2. The third-order valence-corrected chi connectivity index (χ3v) is 2.99. The van der Waals surface area contributed by atoms with Crippen molar-refractivity contribution in [1.29, 1.82) is 5.26 Å². The molecule has 1 heterocycles. The molecule has 0 saturated carbocycles. The first-order chi connectivity index (χ1) is 9.79. The average Bonchev–Trinajstić information content (AvgIpc) is 2.39. The fourth-order valence-electron chi connectivity index (χ4n) is 1.55. The van der Waals surface area contributed by atoms with Crippen molar-refractivity contribution < 1.29 is 13.2 Å². The quantitative estimate of drug-likeness (QED) is 0.786. The molecule has 1 aromatic carbocycles. The molecule has 0 unspecified atom stereocenters. The van der Waals surface area contributed by atoms with Crippen molar-refractivity contribution >= 4 is 34.7 Å². The van der Waals surface area contributed by atoms with Crippen LogP contribution in [-0.4, -0.2) is 4.98 Å². The molecular formula is C13H6Cl2F3N3. The molecule has 21 heavy (non-hydrogen) atoms. The first-order valence-electron chi connectivity index (χ1n) is 5.51. The number of hydrogen-bond donors (Lipinski definition) is 1. The largest absolute Gasteiger partial charge is 0.416 e. The van der Waals surface area contributed by atoms with Gasteiger partial charge in [-0.25, -0.2) is 4.98 Å². The van der Waals surface area contributed by atoms with Crippen LogP contribution in [0.5, 0.6) is 0 Å². The van der Waals surface area contributed by atoms with Crippen molar-refractivity contribution in [3.63, 3.8) is 0 Å². The molecule has 2 rings (SSSR count). The van der Waals surface area contributed by atoms with E-state index in [0.717, 1.165) is 12.1 Å². The van der Waals surface area contributed by atoms with Gasteiger partial charge < -0.3 is 5.32 Å². The van der Waals surface area contributed by atoms with Gasteiger partial charge in [-0.05, 0) is 30.3 Å². The Hall–Kier alpha value is -1.97. The molecule has 0 aliphatic carbocycles. The van der Waals surface area contributed by atoms with Gasteiger partial charge in [0, 0.05) is 0 Å². The van der Waals surface area contributed by atoms with Crippen LogP contribution in [0, 0.1) is 11.3 Å². The molecule has 0 aliphatic heterocycles. The second-order valence-electron chi connectivity index (χ2n) is 3.99.